The number of rotatable bonds is 4. The molecule has 108 valence electrons. The van der Waals surface area contributed by atoms with Gasteiger partial charge in [-0.3, -0.25) is 0 Å². The standard InChI is InChI=1S/C18H20O2.2Na.2H/c1-3-17(13-5-9-15(19)10-6-13)18(4-2)14-7-11-16(20)12-8-14;;;;/h5-12,19-20H,3-4H2,1-2H3;;;;/q;2*+1;2*-1/b18-17+;;;;. The molecule has 0 spiro atoms. The van der Waals surface area contributed by atoms with E-state index < -0.39 is 0 Å². The Hall–Kier alpha value is -0.220. The maximum absolute atomic E-state index is 9.41. The molecule has 0 radical (unpaired) electrons. The Kier molecular flexibility index (Phi) is 10.4. The Morgan fingerprint density at radius 2 is 0.955 bits per heavy atom. The summed E-state index contributed by atoms with van der Waals surface area (Å²) in [6, 6.07) is 14.7. The second kappa shape index (κ2) is 10.5. The molecule has 2 aromatic rings. The van der Waals surface area contributed by atoms with Gasteiger partial charge in [-0.1, -0.05) is 38.1 Å². The maximum Gasteiger partial charge on any atom is 1.00 e. The van der Waals surface area contributed by atoms with Crippen molar-refractivity contribution in [3.63, 3.8) is 0 Å². The molecule has 0 saturated carbocycles. The van der Waals surface area contributed by atoms with Crippen LogP contribution < -0.4 is 59.1 Å². The Morgan fingerprint density at radius 3 is 1.18 bits per heavy atom. The molecule has 2 aromatic carbocycles. The molecule has 22 heavy (non-hydrogen) atoms. The minimum absolute atomic E-state index is 0. The van der Waals surface area contributed by atoms with Crippen molar-refractivity contribution in [2.24, 2.45) is 0 Å². The zero-order chi connectivity index (χ0) is 14.5. The zero-order valence-electron chi connectivity index (χ0n) is 15.9. The molecular weight excluding hydrogens is 294 g/mol. The van der Waals surface area contributed by atoms with E-state index in [0.717, 1.165) is 24.0 Å². The molecule has 0 bridgehead atoms. The SMILES string of the molecule is CC/C(=C(/CC)c1ccc(O)cc1)c1ccc(O)cc1.[H-].[H-].[Na+].[Na+]. The predicted molar refractivity (Wildman–Crippen MR) is 85.8 cm³/mol. The van der Waals surface area contributed by atoms with Crippen LogP contribution in [0.25, 0.3) is 11.1 Å². The molecule has 0 aliphatic carbocycles. The average Bonchev–Trinajstić information content (AvgIpc) is 2.47. The smallest absolute Gasteiger partial charge is 1.00 e. The summed E-state index contributed by atoms with van der Waals surface area (Å²) in [5, 5.41) is 18.8. The van der Waals surface area contributed by atoms with Gasteiger partial charge in [0, 0.05) is 0 Å². The van der Waals surface area contributed by atoms with Gasteiger partial charge in [-0.05, 0) is 59.4 Å². The summed E-state index contributed by atoms with van der Waals surface area (Å²) >= 11 is 0. The number of aromatic hydroxyl groups is 2. The van der Waals surface area contributed by atoms with Gasteiger partial charge >= 0.3 is 59.1 Å². The van der Waals surface area contributed by atoms with Crippen LogP contribution in [0.5, 0.6) is 11.5 Å². The van der Waals surface area contributed by atoms with Crippen molar-refractivity contribution < 1.29 is 72.2 Å². The van der Waals surface area contributed by atoms with Crippen LogP contribution in [0.4, 0.5) is 0 Å². The van der Waals surface area contributed by atoms with E-state index in [-0.39, 0.29) is 73.5 Å². The van der Waals surface area contributed by atoms with E-state index in [1.165, 1.54) is 11.1 Å². The van der Waals surface area contributed by atoms with E-state index in [2.05, 4.69) is 13.8 Å². The molecule has 0 heterocycles. The fourth-order valence-corrected chi connectivity index (χ4v) is 2.51. The normalized spacial score (nSPS) is 11.0. The average molecular weight is 316 g/mol. The summed E-state index contributed by atoms with van der Waals surface area (Å²) in [7, 11) is 0. The van der Waals surface area contributed by atoms with Crippen LogP contribution in [0.3, 0.4) is 0 Å². The molecule has 0 atom stereocenters. The summed E-state index contributed by atoms with van der Waals surface area (Å²) in [6.07, 6.45) is 1.85. The summed E-state index contributed by atoms with van der Waals surface area (Å²) in [5.41, 5.74) is 4.82. The fraction of sp³-hybridized carbons (Fsp3) is 0.222. The number of benzene rings is 2. The van der Waals surface area contributed by atoms with Gasteiger partial charge in [0.1, 0.15) is 11.5 Å². The number of hydrogen-bond acceptors (Lipinski definition) is 2. The van der Waals surface area contributed by atoms with Crippen LogP contribution in [-0.4, -0.2) is 10.2 Å². The van der Waals surface area contributed by atoms with Gasteiger partial charge in [0.25, 0.3) is 0 Å². The summed E-state index contributed by atoms with van der Waals surface area (Å²) in [4.78, 5) is 0. The Labute approximate surface area is 179 Å². The van der Waals surface area contributed by atoms with Crippen LogP contribution in [0.1, 0.15) is 40.7 Å². The largest absolute Gasteiger partial charge is 1.00 e. The van der Waals surface area contributed by atoms with Crippen molar-refractivity contribution in [1.29, 1.82) is 0 Å². The third-order valence-electron chi connectivity index (χ3n) is 3.50. The molecule has 0 saturated heterocycles. The molecule has 2 nitrogen and oxygen atoms in total. The summed E-state index contributed by atoms with van der Waals surface area (Å²) in [6.45, 7) is 4.27. The van der Waals surface area contributed by atoms with Crippen molar-refractivity contribution in [1.82, 2.24) is 0 Å². The van der Waals surface area contributed by atoms with Crippen molar-refractivity contribution >= 4 is 11.1 Å². The second-order valence-corrected chi connectivity index (χ2v) is 4.76. The van der Waals surface area contributed by atoms with Crippen molar-refractivity contribution in [2.45, 2.75) is 26.7 Å². The second-order valence-electron chi connectivity index (χ2n) is 4.76. The van der Waals surface area contributed by atoms with Crippen LogP contribution in [0.15, 0.2) is 48.5 Å². The first-order valence-electron chi connectivity index (χ1n) is 6.96. The molecule has 0 amide bonds. The molecule has 0 aliphatic heterocycles. The maximum atomic E-state index is 9.41. The summed E-state index contributed by atoms with van der Waals surface area (Å²) in [5.74, 6) is 0.568. The Morgan fingerprint density at radius 1 is 0.682 bits per heavy atom. The Balaban J connectivity index is -0.00000110. The minimum Gasteiger partial charge on any atom is -1.00 e. The van der Waals surface area contributed by atoms with Gasteiger partial charge in [-0.2, -0.15) is 0 Å². The van der Waals surface area contributed by atoms with E-state index in [9.17, 15) is 10.2 Å². The van der Waals surface area contributed by atoms with Gasteiger partial charge in [-0.15, -0.1) is 0 Å². The molecule has 2 N–H and O–H groups in total. The molecule has 2 rings (SSSR count). The molecule has 0 aliphatic rings. The van der Waals surface area contributed by atoms with Crippen LogP contribution in [0, 0.1) is 0 Å². The van der Waals surface area contributed by atoms with Crippen molar-refractivity contribution in [3.05, 3.63) is 59.7 Å². The van der Waals surface area contributed by atoms with E-state index in [4.69, 9.17) is 0 Å². The number of hydrogen-bond donors (Lipinski definition) is 2. The molecule has 0 fully saturated rings. The minimum atomic E-state index is 0. The first kappa shape index (κ1) is 21.8. The summed E-state index contributed by atoms with van der Waals surface area (Å²) < 4.78 is 0. The van der Waals surface area contributed by atoms with Crippen LogP contribution in [-0.2, 0) is 0 Å². The van der Waals surface area contributed by atoms with E-state index in [1.807, 2.05) is 24.3 Å². The van der Waals surface area contributed by atoms with Crippen molar-refractivity contribution in [3.8, 4) is 11.5 Å². The number of phenols is 2. The fourth-order valence-electron chi connectivity index (χ4n) is 2.51. The zero-order valence-corrected chi connectivity index (χ0v) is 17.9. The van der Waals surface area contributed by atoms with E-state index in [0.29, 0.717) is 0 Å². The van der Waals surface area contributed by atoms with Crippen LogP contribution in [0.2, 0.25) is 0 Å². The first-order valence-corrected chi connectivity index (χ1v) is 6.96. The Bertz CT molecular complexity index is 556. The van der Waals surface area contributed by atoms with Gasteiger partial charge in [-0.25, -0.2) is 0 Å². The number of allylic oxidation sites excluding steroid dienone is 2. The topological polar surface area (TPSA) is 40.5 Å². The molecule has 0 unspecified atom stereocenters. The van der Waals surface area contributed by atoms with Gasteiger partial charge < -0.3 is 13.1 Å². The van der Waals surface area contributed by atoms with Gasteiger partial charge in [0.15, 0.2) is 0 Å². The van der Waals surface area contributed by atoms with E-state index in [1.54, 1.807) is 24.3 Å². The molecule has 0 aromatic heterocycles. The van der Waals surface area contributed by atoms with E-state index >= 15 is 0 Å². The first-order chi connectivity index (χ1) is 9.65. The van der Waals surface area contributed by atoms with Crippen LogP contribution >= 0.6 is 0 Å². The van der Waals surface area contributed by atoms with Gasteiger partial charge in [0.2, 0.25) is 0 Å². The molecular formula is C18H22Na2O2. The monoisotopic (exact) mass is 316 g/mol. The third kappa shape index (κ3) is 5.45. The quantitative estimate of drug-likeness (QED) is 0.565. The predicted octanol–water partition coefficient (Wildman–Crippen LogP) is -0.938. The third-order valence-corrected chi connectivity index (χ3v) is 3.50. The molecule has 4 heteroatoms. The van der Waals surface area contributed by atoms with Crippen molar-refractivity contribution in [2.75, 3.05) is 0 Å². The van der Waals surface area contributed by atoms with Gasteiger partial charge in [0.05, 0.1) is 0 Å². The number of phenolic OH excluding ortho intramolecular Hbond substituents is 2.